The topological polar surface area (TPSA) is 69.9 Å². The molecule has 0 unspecified atom stereocenters. The molecule has 3 rings (SSSR count). The van der Waals surface area contributed by atoms with Crippen LogP contribution in [0.15, 0.2) is 30.3 Å². The standard InChI is InChI=1S/C21H32N4O2.ClH/c22-11-6-14-25(17-18-7-2-1-3-8-18)20(26)19-9-15-24(16-10-19)21(27)23-12-4-5-13-23;/h1-3,7-8,19H,4-6,9-17,22H2;1H. The van der Waals surface area contributed by atoms with Crippen molar-refractivity contribution in [1.82, 2.24) is 14.7 Å². The van der Waals surface area contributed by atoms with Crippen molar-refractivity contribution in [1.29, 1.82) is 0 Å². The van der Waals surface area contributed by atoms with Gasteiger partial charge in [0.15, 0.2) is 0 Å². The number of amides is 3. The number of benzene rings is 1. The Kier molecular flexibility index (Phi) is 9.06. The number of nitrogens with two attached hydrogens (primary N) is 1. The van der Waals surface area contributed by atoms with Crippen LogP contribution in [0, 0.1) is 5.92 Å². The summed E-state index contributed by atoms with van der Waals surface area (Å²) >= 11 is 0. The summed E-state index contributed by atoms with van der Waals surface area (Å²) in [6.07, 6.45) is 4.54. The first-order valence-corrected chi connectivity index (χ1v) is 10.3. The summed E-state index contributed by atoms with van der Waals surface area (Å²) in [6.45, 7) is 5.03. The van der Waals surface area contributed by atoms with E-state index in [0.717, 1.165) is 50.8 Å². The van der Waals surface area contributed by atoms with E-state index in [1.54, 1.807) is 0 Å². The molecular weight excluding hydrogens is 376 g/mol. The molecule has 0 aliphatic carbocycles. The molecule has 2 fully saturated rings. The molecule has 156 valence electrons. The van der Waals surface area contributed by atoms with Crippen LogP contribution in [-0.2, 0) is 11.3 Å². The van der Waals surface area contributed by atoms with Crippen LogP contribution in [-0.4, -0.2) is 65.9 Å². The van der Waals surface area contributed by atoms with Gasteiger partial charge in [-0.1, -0.05) is 30.3 Å². The van der Waals surface area contributed by atoms with Crippen LogP contribution in [0.4, 0.5) is 4.79 Å². The van der Waals surface area contributed by atoms with Gasteiger partial charge in [0.25, 0.3) is 0 Å². The van der Waals surface area contributed by atoms with E-state index in [1.807, 2.05) is 32.9 Å². The fourth-order valence-corrected chi connectivity index (χ4v) is 4.04. The van der Waals surface area contributed by atoms with Crippen molar-refractivity contribution in [2.45, 2.75) is 38.6 Å². The van der Waals surface area contributed by atoms with Crippen LogP contribution in [0.1, 0.15) is 37.7 Å². The number of carbonyl (C=O) groups excluding carboxylic acids is 2. The van der Waals surface area contributed by atoms with E-state index in [9.17, 15) is 9.59 Å². The third kappa shape index (κ3) is 5.85. The van der Waals surface area contributed by atoms with Gasteiger partial charge >= 0.3 is 6.03 Å². The highest BCUT2D eigenvalue weighted by Gasteiger charge is 2.32. The first-order chi connectivity index (χ1) is 13.2. The smallest absolute Gasteiger partial charge is 0.319 e. The number of rotatable bonds is 6. The molecule has 2 aliphatic heterocycles. The molecule has 2 heterocycles. The van der Waals surface area contributed by atoms with E-state index in [4.69, 9.17) is 5.73 Å². The fourth-order valence-electron chi connectivity index (χ4n) is 4.04. The Morgan fingerprint density at radius 3 is 2.21 bits per heavy atom. The highest BCUT2D eigenvalue weighted by atomic mass is 35.5. The second kappa shape index (κ2) is 11.3. The molecule has 6 nitrogen and oxygen atoms in total. The number of piperidine rings is 1. The van der Waals surface area contributed by atoms with Crippen molar-refractivity contribution in [2.75, 3.05) is 39.3 Å². The van der Waals surface area contributed by atoms with Gasteiger partial charge in [-0.15, -0.1) is 12.4 Å². The average molecular weight is 409 g/mol. The maximum Gasteiger partial charge on any atom is 0.319 e. The monoisotopic (exact) mass is 408 g/mol. The third-order valence-corrected chi connectivity index (χ3v) is 5.65. The van der Waals surface area contributed by atoms with Crippen LogP contribution in [0.3, 0.4) is 0 Å². The highest BCUT2D eigenvalue weighted by Crippen LogP contribution is 2.23. The average Bonchev–Trinajstić information content (AvgIpc) is 3.26. The lowest BCUT2D eigenvalue weighted by Crippen LogP contribution is -2.48. The molecule has 0 spiro atoms. The molecule has 2 N–H and O–H groups in total. The number of nitrogens with zero attached hydrogens (tertiary/aromatic N) is 3. The second-order valence-corrected chi connectivity index (χ2v) is 7.63. The van der Waals surface area contributed by atoms with Gasteiger partial charge in [0.1, 0.15) is 0 Å². The lowest BCUT2D eigenvalue weighted by molar-refractivity contribution is -0.137. The van der Waals surface area contributed by atoms with Gasteiger partial charge in [-0.05, 0) is 44.2 Å². The second-order valence-electron chi connectivity index (χ2n) is 7.63. The zero-order chi connectivity index (χ0) is 19.1. The summed E-state index contributed by atoms with van der Waals surface area (Å²) < 4.78 is 0. The van der Waals surface area contributed by atoms with Gasteiger partial charge in [0, 0.05) is 45.2 Å². The molecule has 7 heteroatoms. The molecule has 3 amide bonds. The Bertz CT molecular complexity index is 614. The quantitative estimate of drug-likeness (QED) is 0.786. The predicted octanol–water partition coefficient (Wildman–Crippen LogP) is 2.71. The molecule has 0 saturated carbocycles. The van der Waals surface area contributed by atoms with E-state index in [0.29, 0.717) is 32.7 Å². The molecule has 0 bridgehead atoms. The van der Waals surface area contributed by atoms with Crippen molar-refractivity contribution in [3.8, 4) is 0 Å². The highest BCUT2D eigenvalue weighted by molar-refractivity contribution is 5.85. The number of hydrogen-bond acceptors (Lipinski definition) is 3. The molecule has 0 atom stereocenters. The Morgan fingerprint density at radius 2 is 1.61 bits per heavy atom. The number of urea groups is 1. The summed E-state index contributed by atoms with van der Waals surface area (Å²) in [5.41, 5.74) is 6.82. The molecule has 2 saturated heterocycles. The van der Waals surface area contributed by atoms with Gasteiger partial charge in [0.05, 0.1) is 0 Å². The minimum atomic E-state index is 0. The lowest BCUT2D eigenvalue weighted by atomic mass is 9.95. The number of hydrogen-bond donors (Lipinski definition) is 1. The molecule has 2 aliphatic rings. The van der Waals surface area contributed by atoms with E-state index < -0.39 is 0 Å². The predicted molar refractivity (Wildman–Crippen MR) is 113 cm³/mol. The zero-order valence-electron chi connectivity index (χ0n) is 16.6. The van der Waals surface area contributed by atoms with E-state index in [-0.39, 0.29) is 30.3 Å². The number of likely N-dealkylation sites (tertiary alicyclic amines) is 2. The van der Waals surface area contributed by atoms with Gasteiger partial charge in [-0.25, -0.2) is 4.79 Å². The van der Waals surface area contributed by atoms with Gasteiger partial charge in [0.2, 0.25) is 5.91 Å². The van der Waals surface area contributed by atoms with Crippen LogP contribution in [0.25, 0.3) is 0 Å². The van der Waals surface area contributed by atoms with E-state index in [2.05, 4.69) is 12.1 Å². The minimum Gasteiger partial charge on any atom is -0.338 e. The van der Waals surface area contributed by atoms with Crippen LogP contribution in [0.5, 0.6) is 0 Å². The molecular formula is C21H33ClN4O2. The molecule has 0 radical (unpaired) electrons. The van der Waals surface area contributed by atoms with Crippen LogP contribution < -0.4 is 5.73 Å². The number of carbonyl (C=O) groups is 2. The summed E-state index contributed by atoms with van der Waals surface area (Å²) in [6, 6.07) is 10.3. The Balaban J connectivity index is 0.00000280. The SMILES string of the molecule is Cl.NCCCN(Cc1ccccc1)C(=O)C1CCN(C(=O)N2CCCC2)CC1. The molecule has 0 aromatic heterocycles. The van der Waals surface area contributed by atoms with E-state index in [1.165, 1.54) is 0 Å². The van der Waals surface area contributed by atoms with E-state index >= 15 is 0 Å². The largest absolute Gasteiger partial charge is 0.338 e. The van der Waals surface area contributed by atoms with Crippen LogP contribution in [0.2, 0.25) is 0 Å². The van der Waals surface area contributed by atoms with Crippen molar-refractivity contribution in [3.63, 3.8) is 0 Å². The van der Waals surface area contributed by atoms with Crippen molar-refractivity contribution < 1.29 is 9.59 Å². The zero-order valence-corrected chi connectivity index (χ0v) is 17.4. The summed E-state index contributed by atoms with van der Waals surface area (Å²) in [5.74, 6) is 0.217. The summed E-state index contributed by atoms with van der Waals surface area (Å²) in [7, 11) is 0. The molecule has 1 aromatic carbocycles. The first-order valence-electron chi connectivity index (χ1n) is 10.3. The minimum absolute atomic E-state index is 0. The Labute approximate surface area is 174 Å². The number of halogens is 1. The summed E-state index contributed by atoms with van der Waals surface area (Å²) in [4.78, 5) is 31.5. The normalized spacial score (nSPS) is 17.3. The van der Waals surface area contributed by atoms with Crippen molar-refractivity contribution >= 4 is 24.3 Å². The summed E-state index contributed by atoms with van der Waals surface area (Å²) in [5, 5.41) is 0. The van der Waals surface area contributed by atoms with Gasteiger partial charge in [-0.3, -0.25) is 4.79 Å². The molecule has 1 aromatic rings. The Morgan fingerprint density at radius 1 is 1.00 bits per heavy atom. The maximum absolute atomic E-state index is 13.1. The van der Waals surface area contributed by atoms with Gasteiger partial charge in [-0.2, -0.15) is 0 Å². The Hall–Kier alpha value is -1.79. The first kappa shape index (κ1) is 22.5. The van der Waals surface area contributed by atoms with Crippen LogP contribution >= 0.6 is 12.4 Å². The molecule has 28 heavy (non-hydrogen) atoms. The maximum atomic E-state index is 13.1. The lowest BCUT2D eigenvalue weighted by Gasteiger charge is -2.36. The third-order valence-electron chi connectivity index (χ3n) is 5.65. The van der Waals surface area contributed by atoms with Crippen molar-refractivity contribution in [2.24, 2.45) is 11.7 Å². The fraction of sp³-hybridized carbons (Fsp3) is 0.619. The van der Waals surface area contributed by atoms with Crippen molar-refractivity contribution in [3.05, 3.63) is 35.9 Å². The van der Waals surface area contributed by atoms with Gasteiger partial charge < -0.3 is 20.4 Å².